The standard InChI is InChI=1S/C30H33F4N9O/c1-40-7-9-42(10-8-40)13-19-3-5-20(12-23(19)30(32,33)34)38-29(44)39-25-6-4-18(11-24(25)31)22-16-43(21-14-41(2)15-21)28-26(22)27(35)36-17-37-28/h3-6,11-12,16-17,21H,7-10,13-15H2,1-2H3,(H2,35,36,37)(H2,38,39,44). The van der Waals surface area contributed by atoms with E-state index in [1.165, 1.54) is 30.6 Å². The molecule has 0 atom stereocenters. The molecule has 6 rings (SSSR count). The number of nitrogens with one attached hydrogen (secondary N) is 2. The lowest BCUT2D eigenvalue weighted by Crippen LogP contribution is -2.44. The van der Waals surface area contributed by atoms with Gasteiger partial charge in [-0.25, -0.2) is 19.2 Å². The number of hydrogen-bond donors (Lipinski definition) is 3. The molecule has 14 heteroatoms. The van der Waals surface area contributed by atoms with Crippen LogP contribution in [0.4, 0.5) is 39.5 Å². The molecule has 0 radical (unpaired) electrons. The number of likely N-dealkylation sites (tertiary alicyclic amines) is 1. The Labute approximate surface area is 251 Å². The summed E-state index contributed by atoms with van der Waals surface area (Å²) in [6.07, 6.45) is -1.33. The van der Waals surface area contributed by atoms with Crippen molar-refractivity contribution in [3.63, 3.8) is 0 Å². The van der Waals surface area contributed by atoms with E-state index in [0.717, 1.165) is 32.2 Å². The monoisotopic (exact) mass is 611 g/mol. The second-order valence-electron chi connectivity index (χ2n) is 11.5. The fourth-order valence-electron chi connectivity index (χ4n) is 5.82. The molecule has 4 heterocycles. The van der Waals surface area contributed by atoms with E-state index in [1.54, 1.807) is 6.07 Å². The van der Waals surface area contributed by atoms with Crippen molar-refractivity contribution in [3.8, 4) is 11.1 Å². The van der Waals surface area contributed by atoms with Crippen LogP contribution in [0.15, 0.2) is 48.9 Å². The number of anilines is 3. The molecular formula is C30H33F4N9O. The van der Waals surface area contributed by atoms with E-state index in [0.29, 0.717) is 35.2 Å². The number of alkyl halides is 3. The van der Waals surface area contributed by atoms with Gasteiger partial charge in [-0.1, -0.05) is 12.1 Å². The Bertz CT molecular complexity index is 1690. The van der Waals surface area contributed by atoms with Crippen LogP contribution in [0.2, 0.25) is 0 Å². The number of aromatic nitrogens is 3. The minimum absolute atomic E-state index is 0.0566. The first-order valence-corrected chi connectivity index (χ1v) is 14.2. The second-order valence-corrected chi connectivity index (χ2v) is 11.5. The number of carbonyl (C=O) groups is 1. The predicted molar refractivity (Wildman–Crippen MR) is 161 cm³/mol. The van der Waals surface area contributed by atoms with Crippen molar-refractivity contribution in [3.05, 3.63) is 65.9 Å². The summed E-state index contributed by atoms with van der Waals surface area (Å²) in [5, 5.41) is 5.40. The van der Waals surface area contributed by atoms with Gasteiger partial charge in [0.2, 0.25) is 0 Å². The van der Waals surface area contributed by atoms with E-state index in [-0.39, 0.29) is 35.3 Å². The number of hydrogen-bond acceptors (Lipinski definition) is 7. The molecule has 0 bridgehead atoms. The van der Waals surface area contributed by atoms with Crippen LogP contribution in [-0.2, 0) is 12.7 Å². The van der Waals surface area contributed by atoms with Gasteiger partial charge in [0.15, 0.2) is 0 Å². The van der Waals surface area contributed by atoms with E-state index in [2.05, 4.69) is 30.4 Å². The van der Waals surface area contributed by atoms with Gasteiger partial charge in [-0.3, -0.25) is 4.90 Å². The average Bonchev–Trinajstić information content (AvgIpc) is 3.34. The number of piperazine rings is 1. The number of carbonyl (C=O) groups excluding carboxylic acids is 1. The van der Waals surface area contributed by atoms with Gasteiger partial charge in [0, 0.05) is 63.3 Å². The van der Waals surface area contributed by atoms with E-state index in [9.17, 15) is 18.0 Å². The van der Waals surface area contributed by atoms with Crippen molar-refractivity contribution in [1.29, 1.82) is 0 Å². The van der Waals surface area contributed by atoms with Crippen molar-refractivity contribution in [2.75, 3.05) is 69.7 Å². The Kier molecular flexibility index (Phi) is 7.90. The first-order valence-electron chi connectivity index (χ1n) is 14.2. The molecule has 2 amide bonds. The highest BCUT2D eigenvalue weighted by Gasteiger charge is 2.34. The quantitative estimate of drug-likeness (QED) is 0.271. The predicted octanol–water partition coefficient (Wildman–Crippen LogP) is 4.72. The van der Waals surface area contributed by atoms with Gasteiger partial charge in [-0.05, 0) is 49.5 Å². The molecule has 232 valence electrons. The van der Waals surface area contributed by atoms with Gasteiger partial charge in [0.05, 0.1) is 22.7 Å². The summed E-state index contributed by atoms with van der Waals surface area (Å²) in [5.74, 6) is -0.456. The summed E-state index contributed by atoms with van der Waals surface area (Å²) in [6, 6.07) is 7.31. The first kappa shape index (κ1) is 29.8. The van der Waals surface area contributed by atoms with Crippen molar-refractivity contribution >= 4 is 34.3 Å². The summed E-state index contributed by atoms with van der Waals surface area (Å²) < 4.78 is 59.1. The van der Waals surface area contributed by atoms with Crippen molar-refractivity contribution < 1.29 is 22.4 Å². The number of nitrogens with zero attached hydrogens (tertiary/aromatic N) is 6. The molecule has 2 aromatic carbocycles. The third-order valence-electron chi connectivity index (χ3n) is 8.27. The van der Waals surface area contributed by atoms with Crippen LogP contribution < -0.4 is 16.4 Å². The van der Waals surface area contributed by atoms with Crippen LogP contribution in [0.3, 0.4) is 0 Å². The minimum Gasteiger partial charge on any atom is -0.383 e. The number of urea groups is 1. The topological polar surface area (TPSA) is 108 Å². The SMILES string of the molecule is CN1CCN(Cc2ccc(NC(=O)Nc3ccc(-c4cn(C5CN(C)C5)c5ncnc(N)c45)cc3F)cc2C(F)(F)F)CC1. The maximum absolute atomic E-state index is 15.3. The largest absolute Gasteiger partial charge is 0.416 e. The molecule has 4 aromatic rings. The zero-order valence-corrected chi connectivity index (χ0v) is 24.3. The van der Waals surface area contributed by atoms with Crippen LogP contribution in [0, 0.1) is 5.82 Å². The maximum atomic E-state index is 15.3. The first-order chi connectivity index (χ1) is 21.0. The number of benzene rings is 2. The molecular weight excluding hydrogens is 578 g/mol. The Morgan fingerprint density at radius 1 is 1.00 bits per heavy atom. The van der Waals surface area contributed by atoms with Gasteiger partial charge >= 0.3 is 12.2 Å². The van der Waals surface area contributed by atoms with E-state index in [4.69, 9.17) is 5.73 Å². The maximum Gasteiger partial charge on any atom is 0.416 e. The Morgan fingerprint density at radius 2 is 1.75 bits per heavy atom. The Morgan fingerprint density at radius 3 is 2.43 bits per heavy atom. The third-order valence-corrected chi connectivity index (χ3v) is 8.27. The molecule has 2 saturated heterocycles. The fourth-order valence-corrected chi connectivity index (χ4v) is 5.82. The summed E-state index contributed by atoms with van der Waals surface area (Å²) in [4.78, 5) is 27.5. The van der Waals surface area contributed by atoms with Gasteiger partial charge in [-0.15, -0.1) is 0 Å². The molecule has 2 aliphatic heterocycles. The number of likely N-dealkylation sites (N-methyl/N-ethyl adjacent to an activating group) is 2. The molecule has 4 N–H and O–H groups in total. The second kappa shape index (κ2) is 11.7. The zero-order valence-electron chi connectivity index (χ0n) is 24.3. The molecule has 2 aromatic heterocycles. The van der Waals surface area contributed by atoms with Crippen molar-refractivity contribution in [1.82, 2.24) is 29.2 Å². The van der Waals surface area contributed by atoms with Gasteiger partial charge in [0.25, 0.3) is 0 Å². The number of nitrogens with two attached hydrogens (primary N) is 1. The van der Waals surface area contributed by atoms with Gasteiger partial charge in [-0.2, -0.15) is 13.2 Å². The zero-order chi connectivity index (χ0) is 31.2. The summed E-state index contributed by atoms with van der Waals surface area (Å²) in [5.41, 5.74) is 7.13. The van der Waals surface area contributed by atoms with Crippen molar-refractivity contribution in [2.24, 2.45) is 0 Å². The van der Waals surface area contributed by atoms with Gasteiger partial charge < -0.3 is 30.7 Å². The molecule has 0 spiro atoms. The van der Waals surface area contributed by atoms with Gasteiger partial charge in [0.1, 0.15) is 23.6 Å². The molecule has 2 aliphatic rings. The molecule has 0 saturated carbocycles. The minimum atomic E-state index is -4.61. The fraction of sp³-hybridized carbons (Fsp3) is 0.367. The highest BCUT2D eigenvalue weighted by molar-refractivity contribution is 6.02. The summed E-state index contributed by atoms with van der Waals surface area (Å²) in [7, 11) is 3.99. The van der Waals surface area contributed by atoms with Crippen LogP contribution in [0.25, 0.3) is 22.2 Å². The van der Waals surface area contributed by atoms with Crippen molar-refractivity contribution in [2.45, 2.75) is 18.8 Å². The summed E-state index contributed by atoms with van der Waals surface area (Å²) >= 11 is 0. The van der Waals surface area contributed by atoms with E-state index < -0.39 is 23.6 Å². The molecule has 0 aliphatic carbocycles. The summed E-state index contributed by atoms with van der Waals surface area (Å²) in [6.45, 7) is 4.72. The highest BCUT2D eigenvalue weighted by Crippen LogP contribution is 2.37. The van der Waals surface area contributed by atoms with Crippen LogP contribution in [0.5, 0.6) is 0 Å². The normalized spacial score (nSPS) is 17.1. The van der Waals surface area contributed by atoms with E-state index >= 15 is 4.39 Å². The van der Waals surface area contributed by atoms with Crippen LogP contribution in [0.1, 0.15) is 17.2 Å². The highest BCUT2D eigenvalue weighted by atomic mass is 19.4. The van der Waals surface area contributed by atoms with E-state index in [1.807, 2.05) is 29.8 Å². The lowest BCUT2D eigenvalue weighted by molar-refractivity contribution is -0.138. The lowest BCUT2D eigenvalue weighted by atomic mass is 10.0. The number of fused-ring (bicyclic) bond motifs is 1. The Balaban J connectivity index is 1.18. The molecule has 44 heavy (non-hydrogen) atoms. The molecule has 2 fully saturated rings. The Hall–Kier alpha value is -4.27. The molecule has 0 unspecified atom stereocenters. The number of amides is 2. The number of nitrogen functional groups attached to an aromatic ring is 1. The number of halogens is 4. The average molecular weight is 612 g/mol. The molecule has 10 nitrogen and oxygen atoms in total. The lowest BCUT2D eigenvalue weighted by Gasteiger charge is -2.37. The number of rotatable bonds is 6. The van der Waals surface area contributed by atoms with Crippen LogP contribution >= 0.6 is 0 Å². The smallest absolute Gasteiger partial charge is 0.383 e. The third kappa shape index (κ3) is 6.05. The van der Waals surface area contributed by atoms with Crippen LogP contribution in [-0.4, -0.2) is 88.6 Å².